The highest BCUT2D eigenvalue weighted by atomic mass is 19.1. The number of anilines is 1. The van der Waals surface area contributed by atoms with Crippen molar-refractivity contribution >= 4 is 11.5 Å². The summed E-state index contributed by atoms with van der Waals surface area (Å²) in [6.45, 7) is 4.10. The largest absolute Gasteiger partial charge is 0.396 e. The van der Waals surface area contributed by atoms with E-state index in [1.807, 2.05) is 0 Å². The van der Waals surface area contributed by atoms with Crippen molar-refractivity contribution in [1.82, 2.24) is 0 Å². The predicted octanol–water partition coefficient (Wildman–Crippen LogP) is 3.03. The van der Waals surface area contributed by atoms with Crippen LogP contribution in [-0.4, -0.2) is 5.78 Å². The van der Waals surface area contributed by atoms with Gasteiger partial charge >= 0.3 is 0 Å². The van der Waals surface area contributed by atoms with Gasteiger partial charge in [0, 0.05) is 12.0 Å². The van der Waals surface area contributed by atoms with E-state index in [4.69, 9.17) is 5.73 Å². The van der Waals surface area contributed by atoms with Crippen LogP contribution in [0.3, 0.4) is 0 Å². The van der Waals surface area contributed by atoms with E-state index in [0.717, 1.165) is 6.42 Å². The molecule has 0 amide bonds. The van der Waals surface area contributed by atoms with Gasteiger partial charge in [-0.25, -0.2) is 4.39 Å². The molecule has 1 aromatic rings. The maximum Gasteiger partial charge on any atom is 0.162 e. The smallest absolute Gasteiger partial charge is 0.162 e. The number of Topliss-reactive ketones (excluding diaryl/α,β-unsaturated/α-hetero) is 1. The summed E-state index contributed by atoms with van der Waals surface area (Å²) in [6.07, 6.45) is 1.28. The molecule has 0 saturated heterocycles. The first kappa shape index (κ1) is 11.7. The molecule has 82 valence electrons. The molecule has 0 radical (unpaired) electrons. The van der Waals surface area contributed by atoms with E-state index < -0.39 is 5.82 Å². The first-order valence-corrected chi connectivity index (χ1v) is 5.09. The Balaban J connectivity index is 2.70. The van der Waals surface area contributed by atoms with Gasteiger partial charge in [0.1, 0.15) is 5.82 Å². The first-order chi connectivity index (χ1) is 7.00. The molecule has 2 nitrogen and oxygen atoms in total. The molecule has 3 heteroatoms. The number of rotatable bonds is 4. The molecule has 15 heavy (non-hydrogen) atoms. The molecule has 0 aliphatic rings. The average molecular weight is 209 g/mol. The molecule has 0 unspecified atom stereocenters. The Morgan fingerprint density at radius 1 is 1.47 bits per heavy atom. The number of carbonyl (C=O) groups is 1. The summed E-state index contributed by atoms with van der Waals surface area (Å²) in [4.78, 5) is 11.6. The predicted molar refractivity (Wildman–Crippen MR) is 59.2 cm³/mol. The Labute approximate surface area is 89.3 Å². The summed E-state index contributed by atoms with van der Waals surface area (Å²) in [6, 6.07) is 4.21. The van der Waals surface area contributed by atoms with Crippen molar-refractivity contribution in [2.45, 2.75) is 26.7 Å². The topological polar surface area (TPSA) is 43.1 Å². The minimum atomic E-state index is -0.523. The second-order valence-corrected chi connectivity index (χ2v) is 4.09. The molecule has 0 aromatic heterocycles. The molecule has 1 rings (SSSR count). The number of carbonyl (C=O) groups excluding carboxylic acids is 1. The maximum atomic E-state index is 13.1. The number of ketones is 1. The van der Waals surface area contributed by atoms with Gasteiger partial charge in [0.25, 0.3) is 0 Å². The van der Waals surface area contributed by atoms with Crippen molar-refractivity contribution in [1.29, 1.82) is 0 Å². The lowest BCUT2D eigenvalue weighted by Crippen LogP contribution is -2.03. The number of hydrogen-bond donors (Lipinski definition) is 1. The summed E-state index contributed by atoms with van der Waals surface area (Å²) in [5, 5.41) is 0. The van der Waals surface area contributed by atoms with Gasteiger partial charge in [0.15, 0.2) is 5.78 Å². The van der Waals surface area contributed by atoms with E-state index in [1.165, 1.54) is 12.1 Å². The summed E-state index contributed by atoms with van der Waals surface area (Å²) >= 11 is 0. The van der Waals surface area contributed by atoms with Crippen LogP contribution in [0.15, 0.2) is 18.2 Å². The van der Waals surface area contributed by atoms with Gasteiger partial charge in [-0.2, -0.15) is 0 Å². The van der Waals surface area contributed by atoms with E-state index in [0.29, 0.717) is 17.9 Å². The number of benzene rings is 1. The van der Waals surface area contributed by atoms with Gasteiger partial charge in [-0.3, -0.25) is 4.79 Å². The normalized spacial score (nSPS) is 10.7. The van der Waals surface area contributed by atoms with E-state index in [2.05, 4.69) is 13.8 Å². The van der Waals surface area contributed by atoms with Crippen LogP contribution in [0.4, 0.5) is 10.1 Å². The van der Waals surface area contributed by atoms with Crippen LogP contribution in [-0.2, 0) is 0 Å². The lowest BCUT2D eigenvalue weighted by molar-refractivity contribution is 0.0975. The fourth-order valence-corrected chi connectivity index (χ4v) is 1.26. The molecule has 0 spiro atoms. The van der Waals surface area contributed by atoms with Crippen LogP contribution >= 0.6 is 0 Å². The van der Waals surface area contributed by atoms with E-state index in [1.54, 1.807) is 6.07 Å². The van der Waals surface area contributed by atoms with E-state index in [-0.39, 0.29) is 11.5 Å². The molecular weight excluding hydrogens is 193 g/mol. The fourth-order valence-electron chi connectivity index (χ4n) is 1.26. The monoisotopic (exact) mass is 209 g/mol. The number of halogens is 1. The highest BCUT2D eigenvalue weighted by molar-refractivity contribution is 5.96. The Morgan fingerprint density at radius 3 is 2.67 bits per heavy atom. The quantitative estimate of drug-likeness (QED) is 0.611. The lowest BCUT2D eigenvalue weighted by atomic mass is 10.0. The van der Waals surface area contributed by atoms with Crippen molar-refractivity contribution in [3.8, 4) is 0 Å². The molecule has 1 aromatic carbocycles. The van der Waals surface area contributed by atoms with Gasteiger partial charge in [0.05, 0.1) is 5.69 Å². The average Bonchev–Trinajstić information content (AvgIpc) is 2.18. The zero-order valence-corrected chi connectivity index (χ0v) is 9.09. The van der Waals surface area contributed by atoms with Crippen LogP contribution in [0.1, 0.15) is 37.0 Å². The van der Waals surface area contributed by atoms with Crippen molar-refractivity contribution in [2.24, 2.45) is 5.92 Å². The molecule has 0 heterocycles. The molecular formula is C12H16FNO. The molecule has 0 aliphatic heterocycles. The van der Waals surface area contributed by atoms with Crippen LogP contribution in [0.2, 0.25) is 0 Å². The van der Waals surface area contributed by atoms with Crippen molar-refractivity contribution in [3.05, 3.63) is 29.6 Å². The SMILES string of the molecule is CC(C)CCC(=O)c1ccc(N)c(F)c1. The lowest BCUT2D eigenvalue weighted by Gasteiger charge is -2.04. The Morgan fingerprint density at radius 2 is 2.13 bits per heavy atom. The van der Waals surface area contributed by atoms with Gasteiger partial charge in [0.2, 0.25) is 0 Å². The van der Waals surface area contributed by atoms with Crippen LogP contribution in [0.5, 0.6) is 0 Å². The summed E-state index contributed by atoms with van der Waals surface area (Å²) in [5.41, 5.74) is 5.81. The van der Waals surface area contributed by atoms with Gasteiger partial charge in [-0.15, -0.1) is 0 Å². The molecule has 0 aliphatic carbocycles. The highest BCUT2D eigenvalue weighted by Crippen LogP contribution is 2.15. The number of hydrogen-bond acceptors (Lipinski definition) is 2. The minimum Gasteiger partial charge on any atom is -0.396 e. The zero-order valence-electron chi connectivity index (χ0n) is 9.09. The standard InChI is InChI=1S/C12H16FNO/c1-8(2)3-6-12(15)9-4-5-11(14)10(13)7-9/h4-5,7-8H,3,6,14H2,1-2H3. The Kier molecular flexibility index (Phi) is 3.83. The summed E-state index contributed by atoms with van der Waals surface area (Å²) < 4.78 is 13.1. The van der Waals surface area contributed by atoms with Gasteiger partial charge in [-0.1, -0.05) is 13.8 Å². The van der Waals surface area contributed by atoms with Crippen molar-refractivity contribution in [3.63, 3.8) is 0 Å². The number of nitrogens with two attached hydrogens (primary N) is 1. The van der Waals surface area contributed by atoms with Gasteiger partial charge < -0.3 is 5.73 Å². The third kappa shape index (κ3) is 3.35. The second kappa shape index (κ2) is 4.91. The van der Waals surface area contributed by atoms with Crippen molar-refractivity contribution in [2.75, 3.05) is 5.73 Å². The van der Waals surface area contributed by atoms with Crippen molar-refractivity contribution < 1.29 is 9.18 Å². The van der Waals surface area contributed by atoms with Gasteiger partial charge in [-0.05, 0) is 30.5 Å². The molecule has 0 fully saturated rings. The third-order valence-corrected chi connectivity index (χ3v) is 2.27. The maximum absolute atomic E-state index is 13.1. The Hall–Kier alpha value is -1.38. The molecule has 0 saturated carbocycles. The minimum absolute atomic E-state index is 0.0254. The van der Waals surface area contributed by atoms with Crippen LogP contribution in [0, 0.1) is 11.7 Å². The Bertz CT molecular complexity index is 361. The first-order valence-electron chi connectivity index (χ1n) is 5.09. The second-order valence-electron chi connectivity index (χ2n) is 4.09. The molecule has 0 bridgehead atoms. The summed E-state index contributed by atoms with van der Waals surface area (Å²) in [7, 11) is 0. The highest BCUT2D eigenvalue weighted by Gasteiger charge is 2.09. The van der Waals surface area contributed by atoms with E-state index >= 15 is 0 Å². The number of nitrogen functional groups attached to an aromatic ring is 1. The van der Waals surface area contributed by atoms with E-state index in [9.17, 15) is 9.18 Å². The fraction of sp³-hybridized carbons (Fsp3) is 0.417. The molecule has 0 atom stereocenters. The molecule has 2 N–H and O–H groups in total. The third-order valence-electron chi connectivity index (χ3n) is 2.27. The van der Waals surface area contributed by atoms with Crippen LogP contribution < -0.4 is 5.73 Å². The summed E-state index contributed by atoms with van der Waals surface area (Å²) in [5.74, 6) is -0.0689. The zero-order chi connectivity index (χ0) is 11.4. The van der Waals surface area contributed by atoms with Crippen LogP contribution in [0.25, 0.3) is 0 Å².